The zero-order valence-corrected chi connectivity index (χ0v) is 39.6. The molecule has 0 amide bonds. The van der Waals surface area contributed by atoms with Gasteiger partial charge in [-0.05, 0) is 70.9 Å². The van der Waals surface area contributed by atoms with Crippen molar-refractivity contribution >= 4 is 27.6 Å². The molecule has 0 radical (unpaired) electrons. The number of hydrogen-bond donors (Lipinski definition) is 0. The van der Waals surface area contributed by atoms with Crippen LogP contribution in [0.25, 0.3) is 0 Å². The third-order valence-corrected chi connectivity index (χ3v) is 11.5. The normalized spacial score (nSPS) is 14.2. The van der Waals surface area contributed by atoms with Crippen molar-refractivity contribution < 1.29 is 55.3 Å². The topological polar surface area (TPSA) is 142 Å². The molecule has 0 bridgehead atoms. The van der Waals surface area contributed by atoms with Gasteiger partial charge in [-0.1, -0.05) is 127 Å². The van der Waals surface area contributed by atoms with E-state index < -0.39 is 38.4 Å². The van der Waals surface area contributed by atoms with Gasteiger partial charge in [0.1, 0.15) is 36.2 Å². The van der Waals surface area contributed by atoms with Crippen molar-refractivity contribution in [1.29, 1.82) is 0 Å². The van der Waals surface area contributed by atoms with Crippen LogP contribution in [0.2, 0.25) is 0 Å². The Balaban J connectivity index is 2.05. The van der Waals surface area contributed by atoms with Crippen molar-refractivity contribution in [2.24, 2.45) is 0 Å². The maximum atomic E-state index is 14.6. The van der Waals surface area contributed by atoms with Crippen LogP contribution in [0.1, 0.15) is 119 Å². The van der Waals surface area contributed by atoms with E-state index in [2.05, 4.69) is 54.7 Å². The highest BCUT2D eigenvalue weighted by molar-refractivity contribution is 7.49. The van der Waals surface area contributed by atoms with E-state index in [1.54, 1.807) is 12.1 Å². The maximum Gasteiger partial charge on any atom is 0.587 e. The lowest BCUT2D eigenvalue weighted by molar-refractivity contribution is -0.140. The van der Waals surface area contributed by atoms with E-state index in [0.717, 1.165) is 22.3 Å². The second-order valence-corrected chi connectivity index (χ2v) is 21.7. The molecule has 0 fully saturated rings. The summed E-state index contributed by atoms with van der Waals surface area (Å²) in [5, 5.41) is 0. The predicted molar refractivity (Wildman–Crippen MR) is 235 cm³/mol. The standard InChI is InChI=1S/C46H64O12P2/c1-31(2)41(47)51-24-26-53-59(49,57-39-22-20-33(43(5,6)7)28-37(39)45(11,12)13)55-35-18-17-19-36(30-35)56-60(50,54-27-25-52-42(48)32(3)4)58-40-23-21-34(44(8,9)10)29-38(40)46(14,15)16/h17-23,28-30H,1,3,24-27H2,2,4-16H3. The summed E-state index contributed by atoms with van der Waals surface area (Å²) in [4.78, 5) is 24.1. The highest BCUT2D eigenvalue weighted by Gasteiger charge is 2.37. The Morgan fingerprint density at radius 2 is 0.850 bits per heavy atom. The number of hydrogen-bond acceptors (Lipinski definition) is 12. The predicted octanol–water partition coefficient (Wildman–Crippen LogP) is 12.3. The smallest absolute Gasteiger partial charge is 0.460 e. The van der Waals surface area contributed by atoms with Gasteiger partial charge < -0.3 is 27.6 Å². The van der Waals surface area contributed by atoms with E-state index in [0.29, 0.717) is 0 Å². The van der Waals surface area contributed by atoms with Crippen molar-refractivity contribution in [3.05, 3.63) is 107 Å². The molecule has 0 saturated carbocycles. The quantitative estimate of drug-likeness (QED) is 0.0519. The highest BCUT2D eigenvalue weighted by atomic mass is 31.2. The first-order chi connectivity index (χ1) is 27.4. The SMILES string of the molecule is C=C(C)C(=O)OCCOP(=O)(Oc1cccc(OP(=O)(OCCOC(=O)C(=C)C)Oc2ccc(C(C)(C)C)cc2C(C)(C)C)c1)Oc1ccc(C(C)(C)C)cc1C(C)(C)C. The zero-order valence-electron chi connectivity index (χ0n) is 37.8. The first-order valence-electron chi connectivity index (χ1n) is 19.8. The van der Waals surface area contributed by atoms with Gasteiger partial charge in [0.05, 0.1) is 13.2 Å². The Morgan fingerprint density at radius 1 is 0.500 bits per heavy atom. The van der Waals surface area contributed by atoms with Gasteiger partial charge in [0.15, 0.2) is 0 Å². The molecular formula is C46H64O12P2. The fourth-order valence-corrected chi connectivity index (χ4v) is 7.79. The number of ether oxygens (including phenoxy) is 2. The maximum absolute atomic E-state index is 14.6. The molecule has 0 saturated heterocycles. The minimum atomic E-state index is -4.56. The minimum absolute atomic E-state index is 0.0507. The Morgan fingerprint density at radius 3 is 1.15 bits per heavy atom. The Labute approximate surface area is 357 Å². The average molecular weight is 871 g/mol. The summed E-state index contributed by atoms with van der Waals surface area (Å²) in [5.74, 6) is -0.867. The van der Waals surface area contributed by atoms with E-state index in [9.17, 15) is 18.7 Å². The van der Waals surface area contributed by atoms with Crippen molar-refractivity contribution in [3.63, 3.8) is 0 Å². The Hall–Kier alpha value is -4.34. The number of benzene rings is 3. The Bertz CT molecular complexity index is 1980. The molecule has 0 N–H and O–H groups in total. The number of carbonyl (C=O) groups excluding carboxylic acids is 2. The van der Waals surface area contributed by atoms with Crippen LogP contribution in [0.3, 0.4) is 0 Å². The van der Waals surface area contributed by atoms with Crippen LogP contribution in [0.4, 0.5) is 0 Å². The number of carbonyl (C=O) groups is 2. The molecule has 3 aromatic carbocycles. The lowest BCUT2D eigenvalue weighted by atomic mass is 9.80. The summed E-state index contributed by atoms with van der Waals surface area (Å²) in [7, 11) is -9.13. The highest BCUT2D eigenvalue weighted by Crippen LogP contribution is 2.55. The number of esters is 2. The molecule has 0 aliphatic heterocycles. The summed E-state index contributed by atoms with van der Waals surface area (Å²) in [5.41, 5.74) is 2.68. The summed E-state index contributed by atoms with van der Waals surface area (Å²) in [6, 6.07) is 17.0. The van der Waals surface area contributed by atoms with Gasteiger partial charge >= 0.3 is 27.6 Å². The third kappa shape index (κ3) is 15.0. The molecule has 12 nitrogen and oxygen atoms in total. The van der Waals surface area contributed by atoms with Crippen molar-refractivity contribution in [3.8, 4) is 23.0 Å². The van der Waals surface area contributed by atoms with Crippen molar-refractivity contribution in [2.45, 2.75) is 119 Å². The molecule has 3 aromatic rings. The van der Waals surface area contributed by atoms with Gasteiger partial charge in [0.2, 0.25) is 0 Å². The Kier molecular flexibility index (Phi) is 16.3. The van der Waals surface area contributed by atoms with Crippen molar-refractivity contribution in [2.75, 3.05) is 26.4 Å². The van der Waals surface area contributed by atoms with Crippen LogP contribution in [-0.4, -0.2) is 38.4 Å². The van der Waals surface area contributed by atoms with Gasteiger partial charge in [0, 0.05) is 28.3 Å². The average Bonchev–Trinajstić information content (AvgIpc) is 3.10. The minimum Gasteiger partial charge on any atom is -0.460 e. The number of phosphoric ester groups is 2. The van der Waals surface area contributed by atoms with E-state index in [1.807, 2.05) is 65.8 Å². The summed E-state index contributed by atoms with van der Waals surface area (Å²) in [6.45, 7) is 33.5. The monoisotopic (exact) mass is 870 g/mol. The van der Waals surface area contributed by atoms with Gasteiger partial charge in [-0.25, -0.2) is 18.7 Å². The van der Waals surface area contributed by atoms with E-state index in [-0.39, 0.29) is 71.4 Å². The molecule has 0 heterocycles. The molecule has 2 atom stereocenters. The molecule has 0 aromatic heterocycles. The van der Waals surface area contributed by atoms with E-state index in [4.69, 9.17) is 36.6 Å². The van der Waals surface area contributed by atoms with Gasteiger partial charge in [-0.15, -0.1) is 0 Å². The molecule has 0 aliphatic rings. The lowest BCUT2D eigenvalue weighted by Crippen LogP contribution is -2.18. The molecular weight excluding hydrogens is 806 g/mol. The summed E-state index contributed by atoms with van der Waals surface area (Å²) < 4.78 is 75.3. The van der Waals surface area contributed by atoms with Gasteiger partial charge in [-0.3, -0.25) is 9.05 Å². The molecule has 2 unspecified atom stereocenters. The van der Waals surface area contributed by atoms with Crippen LogP contribution in [-0.2, 0) is 58.9 Å². The largest absolute Gasteiger partial charge is 0.587 e. The fourth-order valence-electron chi connectivity index (χ4n) is 5.37. The fraction of sp³-hybridized carbons (Fsp3) is 0.478. The van der Waals surface area contributed by atoms with Gasteiger partial charge in [-0.2, -0.15) is 0 Å². The third-order valence-electron chi connectivity index (χ3n) is 8.80. The van der Waals surface area contributed by atoms with E-state index in [1.165, 1.54) is 38.1 Å². The van der Waals surface area contributed by atoms with E-state index >= 15 is 0 Å². The van der Waals surface area contributed by atoms with Crippen LogP contribution in [0.15, 0.2) is 85.0 Å². The molecule has 0 aliphatic carbocycles. The molecule has 14 heteroatoms. The lowest BCUT2D eigenvalue weighted by Gasteiger charge is -2.28. The second-order valence-electron chi connectivity index (χ2n) is 18.7. The molecule has 330 valence electrons. The van der Waals surface area contributed by atoms with Crippen LogP contribution in [0, 0.1) is 0 Å². The molecule has 3 rings (SSSR count). The van der Waals surface area contributed by atoms with Gasteiger partial charge in [0.25, 0.3) is 0 Å². The summed E-state index contributed by atoms with van der Waals surface area (Å²) >= 11 is 0. The first kappa shape index (κ1) is 50.0. The molecule has 0 spiro atoms. The van der Waals surface area contributed by atoms with Crippen molar-refractivity contribution in [1.82, 2.24) is 0 Å². The van der Waals surface area contributed by atoms with Crippen LogP contribution >= 0.6 is 15.6 Å². The number of rotatable bonds is 18. The molecule has 60 heavy (non-hydrogen) atoms. The summed E-state index contributed by atoms with van der Waals surface area (Å²) in [6.07, 6.45) is 0. The van der Waals surface area contributed by atoms with Crippen LogP contribution < -0.4 is 18.1 Å². The first-order valence-corrected chi connectivity index (χ1v) is 22.7. The second kappa shape index (κ2) is 19.6. The van der Waals surface area contributed by atoms with Crippen LogP contribution in [0.5, 0.6) is 23.0 Å². The zero-order chi connectivity index (χ0) is 45.5. The number of phosphoric acid groups is 2.